The van der Waals surface area contributed by atoms with Crippen molar-refractivity contribution < 1.29 is 39.0 Å². The minimum Gasteiger partial charge on any atom is -0.388 e. The van der Waals surface area contributed by atoms with Gasteiger partial charge in [-0.05, 0) is 29.8 Å². The third kappa shape index (κ3) is 9.87. The van der Waals surface area contributed by atoms with Gasteiger partial charge in [0.2, 0.25) is 5.28 Å². The number of nitrogens with zero attached hydrogens (tertiary/aromatic N) is 5. The van der Waals surface area contributed by atoms with Crippen LogP contribution in [-0.4, -0.2) is 125 Å². The highest BCUT2D eigenvalue weighted by molar-refractivity contribution is 6.28. The average molecular weight is 655 g/mol. The van der Waals surface area contributed by atoms with E-state index >= 15 is 0 Å². The minimum absolute atomic E-state index is 0.0408. The molecular formula is C26H35ClN8O10. The summed E-state index contributed by atoms with van der Waals surface area (Å²) in [5, 5.41) is 56.4. The number of nitrogens with one attached hydrogen (secondary N) is 3. The van der Waals surface area contributed by atoms with Crippen molar-refractivity contribution in [1.29, 1.82) is 0 Å². The molecule has 4 atom stereocenters. The first-order chi connectivity index (χ1) is 21.7. The maximum absolute atomic E-state index is 11.2. The van der Waals surface area contributed by atoms with E-state index in [9.17, 15) is 30.4 Å². The number of benzene rings is 1. The van der Waals surface area contributed by atoms with Crippen LogP contribution in [0.1, 0.15) is 0 Å². The van der Waals surface area contributed by atoms with Gasteiger partial charge in [-0.25, -0.2) is 4.52 Å². The summed E-state index contributed by atoms with van der Waals surface area (Å²) in [6.45, 7) is 3.24. The molecule has 1 aromatic carbocycles. The molecule has 2 aromatic heterocycles. The number of non-ortho nitro benzene ring substituents is 1. The molecule has 3 heterocycles. The maximum Gasteiger partial charge on any atom is 0.299 e. The Hall–Kier alpha value is -3.75. The van der Waals surface area contributed by atoms with Crippen molar-refractivity contribution in [2.45, 2.75) is 24.4 Å². The Kier molecular flexibility index (Phi) is 13.0. The standard InChI is InChI=1S/C26H35ClN8O10/c27-26-31-25(20-2-1-7-33(20)32-26)30-19-16-45-22(24(37)23(19)36)15-28-5-8-42-10-12-44-13-11-43-9-6-29-18-4-3-17(34(38)39)14-21(18)35(40)41/h1-4,7,14,19,22-24,28-29,36-37H,5-6,8-13,15-16H2,(H,30,31,32)/t19-,22+,23+,24-/m0/s1. The van der Waals surface area contributed by atoms with Crippen LogP contribution in [0.2, 0.25) is 5.28 Å². The number of aliphatic hydroxyl groups is 2. The predicted octanol–water partition coefficient (Wildman–Crippen LogP) is 0.852. The first-order valence-electron chi connectivity index (χ1n) is 14.1. The second-order valence-electron chi connectivity index (χ2n) is 9.85. The second kappa shape index (κ2) is 17.1. The van der Waals surface area contributed by atoms with Gasteiger partial charge < -0.3 is 45.1 Å². The molecule has 0 bridgehead atoms. The SMILES string of the molecule is O=[N+]([O-])c1ccc(NCCOCCOCCOCCNC[C@H]2OC[C@H](Nc3nc(Cl)nn4cccc34)[C@@H](O)[C@H]2O)c([N+](=O)[O-])c1. The number of aliphatic hydroxyl groups excluding tert-OH is 2. The molecule has 0 saturated carbocycles. The van der Waals surface area contributed by atoms with Crippen LogP contribution in [0.25, 0.3) is 5.52 Å². The van der Waals surface area contributed by atoms with Gasteiger partial charge in [0.05, 0.1) is 74.3 Å². The van der Waals surface area contributed by atoms with Crippen molar-refractivity contribution in [3.63, 3.8) is 0 Å². The molecule has 246 valence electrons. The van der Waals surface area contributed by atoms with Crippen molar-refractivity contribution in [3.8, 4) is 0 Å². The summed E-state index contributed by atoms with van der Waals surface area (Å²) >= 11 is 5.98. The Bertz CT molecular complexity index is 1420. The Morgan fingerprint density at radius 2 is 1.71 bits per heavy atom. The van der Waals surface area contributed by atoms with Gasteiger partial charge in [0.1, 0.15) is 23.4 Å². The molecule has 0 radical (unpaired) electrons. The van der Waals surface area contributed by atoms with Crippen molar-refractivity contribution in [3.05, 3.63) is 62.0 Å². The first kappa shape index (κ1) is 34.1. The number of nitro groups is 2. The zero-order chi connectivity index (χ0) is 32.2. The van der Waals surface area contributed by atoms with E-state index in [0.717, 1.165) is 6.07 Å². The fourth-order valence-electron chi connectivity index (χ4n) is 4.50. The molecule has 1 saturated heterocycles. The second-order valence-corrected chi connectivity index (χ2v) is 10.2. The number of hydrogen-bond acceptors (Lipinski definition) is 15. The van der Waals surface area contributed by atoms with Gasteiger partial charge in [-0.3, -0.25) is 20.2 Å². The Labute approximate surface area is 261 Å². The van der Waals surface area contributed by atoms with Gasteiger partial charge in [-0.15, -0.1) is 5.10 Å². The van der Waals surface area contributed by atoms with Crippen molar-refractivity contribution in [2.75, 3.05) is 76.5 Å². The number of nitro benzene ring substituents is 2. The van der Waals surface area contributed by atoms with E-state index in [0.29, 0.717) is 57.5 Å². The number of rotatable bonds is 19. The lowest BCUT2D eigenvalue weighted by atomic mass is 9.98. The van der Waals surface area contributed by atoms with E-state index in [1.165, 1.54) is 12.1 Å². The van der Waals surface area contributed by atoms with Crippen LogP contribution in [-0.2, 0) is 18.9 Å². The van der Waals surface area contributed by atoms with Crippen LogP contribution in [0.15, 0.2) is 36.5 Å². The minimum atomic E-state index is -1.13. The van der Waals surface area contributed by atoms with Crippen LogP contribution in [0.4, 0.5) is 22.9 Å². The molecule has 45 heavy (non-hydrogen) atoms. The van der Waals surface area contributed by atoms with E-state index in [2.05, 4.69) is 26.0 Å². The lowest BCUT2D eigenvalue weighted by molar-refractivity contribution is -0.393. The lowest BCUT2D eigenvalue weighted by Gasteiger charge is -2.38. The van der Waals surface area contributed by atoms with Gasteiger partial charge in [0, 0.05) is 31.9 Å². The van der Waals surface area contributed by atoms with Crippen LogP contribution in [0.5, 0.6) is 0 Å². The molecule has 0 amide bonds. The first-order valence-corrected chi connectivity index (χ1v) is 14.5. The zero-order valence-corrected chi connectivity index (χ0v) is 24.9. The molecule has 1 aliphatic heterocycles. The number of fused-ring (bicyclic) bond motifs is 1. The monoisotopic (exact) mass is 654 g/mol. The maximum atomic E-state index is 11.2. The number of aromatic nitrogens is 3. The van der Waals surface area contributed by atoms with Crippen LogP contribution in [0, 0.1) is 20.2 Å². The highest BCUT2D eigenvalue weighted by Crippen LogP contribution is 2.28. The number of hydrogen-bond donors (Lipinski definition) is 5. The fraction of sp³-hybridized carbons (Fsp3) is 0.538. The topological polar surface area (TPSA) is 230 Å². The summed E-state index contributed by atoms with van der Waals surface area (Å²) < 4.78 is 23.7. The van der Waals surface area contributed by atoms with E-state index in [1.54, 1.807) is 22.8 Å². The number of anilines is 2. The van der Waals surface area contributed by atoms with Crippen molar-refractivity contribution >= 4 is 40.0 Å². The molecule has 4 rings (SSSR count). The number of halogens is 1. The Balaban J connectivity index is 0.994. The van der Waals surface area contributed by atoms with Gasteiger partial charge in [0.15, 0.2) is 5.82 Å². The molecule has 1 fully saturated rings. The number of ether oxygens (including phenoxy) is 4. The average Bonchev–Trinajstić information content (AvgIpc) is 3.49. The lowest BCUT2D eigenvalue weighted by Crippen LogP contribution is -2.58. The molecule has 0 unspecified atom stereocenters. The molecule has 3 aromatic rings. The van der Waals surface area contributed by atoms with E-state index in [4.69, 9.17) is 30.5 Å². The summed E-state index contributed by atoms with van der Waals surface area (Å²) in [5.74, 6) is 0.425. The van der Waals surface area contributed by atoms with Gasteiger partial charge in [-0.2, -0.15) is 4.98 Å². The normalized spacial score (nSPS) is 19.9. The summed E-state index contributed by atoms with van der Waals surface area (Å²) in [4.78, 5) is 24.8. The molecule has 18 nitrogen and oxygen atoms in total. The quantitative estimate of drug-likeness (QED) is 0.0685. The van der Waals surface area contributed by atoms with Gasteiger partial charge >= 0.3 is 0 Å². The van der Waals surface area contributed by atoms with Crippen molar-refractivity contribution in [2.24, 2.45) is 0 Å². The molecular weight excluding hydrogens is 620 g/mol. The Morgan fingerprint density at radius 1 is 1.00 bits per heavy atom. The van der Waals surface area contributed by atoms with Crippen LogP contribution >= 0.6 is 11.6 Å². The third-order valence-corrected chi connectivity index (χ3v) is 6.94. The van der Waals surface area contributed by atoms with Crippen LogP contribution < -0.4 is 16.0 Å². The Morgan fingerprint density at radius 3 is 2.42 bits per heavy atom. The summed E-state index contributed by atoms with van der Waals surface area (Å²) in [6, 6.07) is 6.38. The summed E-state index contributed by atoms with van der Waals surface area (Å²) in [5.41, 5.74) is 0.103. The van der Waals surface area contributed by atoms with Gasteiger partial charge in [-0.1, -0.05) is 0 Å². The summed E-state index contributed by atoms with van der Waals surface area (Å²) in [6.07, 6.45) is -1.11. The molecule has 19 heteroatoms. The molecule has 0 aliphatic carbocycles. The van der Waals surface area contributed by atoms with E-state index in [-0.39, 0.29) is 42.1 Å². The van der Waals surface area contributed by atoms with E-state index < -0.39 is 34.2 Å². The molecule has 0 spiro atoms. The largest absolute Gasteiger partial charge is 0.388 e. The van der Waals surface area contributed by atoms with Crippen LogP contribution in [0.3, 0.4) is 0 Å². The zero-order valence-electron chi connectivity index (χ0n) is 24.1. The highest BCUT2D eigenvalue weighted by atomic mass is 35.5. The van der Waals surface area contributed by atoms with Crippen molar-refractivity contribution in [1.82, 2.24) is 19.9 Å². The smallest absolute Gasteiger partial charge is 0.299 e. The third-order valence-electron chi connectivity index (χ3n) is 6.78. The fourth-order valence-corrected chi connectivity index (χ4v) is 4.67. The highest BCUT2D eigenvalue weighted by Gasteiger charge is 2.38. The molecule has 5 N–H and O–H groups in total. The van der Waals surface area contributed by atoms with E-state index in [1.807, 2.05) is 0 Å². The summed E-state index contributed by atoms with van der Waals surface area (Å²) in [7, 11) is 0. The predicted molar refractivity (Wildman–Crippen MR) is 161 cm³/mol. The molecule has 1 aliphatic rings. The van der Waals surface area contributed by atoms with Gasteiger partial charge in [0.25, 0.3) is 11.4 Å².